The number of thioether (sulfide) groups is 1. The number of carbonyl (C=O) groups excluding carboxylic acids is 3. The van der Waals surface area contributed by atoms with Crippen molar-refractivity contribution in [2.24, 2.45) is 17.8 Å². The predicted molar refractivity (Wildman–Crippen MR) is 143 cm³/mol. The Balaban J connectivity index is 1.57. The van der Waals surface area contributed by atoms with E-state index in [0.29, 0.717) is 17.1 Å². The molecule has 3 unspecified atom stereocenters. The highest BCUT2D eigenvalue weighted by Crippen LogP contribution is 2.69. The minimum Gasteiger partial charge on any atom is -0.466 e. The van der Waals surface area contributed by atoms with E-state index < -0.39 is 28.7 Å². The maximum Gasteiger partial charge on any atom is 0.310 e. The Morgan fingerprint density at radius 1 is 1.22 bits per heavy atom. The van der Waals surface area contributed by atoms with Gasteiger partial charge in [0.1, 0.15) is 6.04 Å². The lowest BCUT2D eigenvalue weighted by atomic mass is 9.66. The highest BCUT2D eigenvalue weighted by Gasteiger charge is 2.76. The maximum atomic E-state index is 14.2. The van der Waals surface area contributed by atoms with E-state index in [0.717, 1.165) is 12.0 Å². The van der Waals surface area contributed by atoms with Gasteiger partial charge in [-0.2, -0.15) is 0 Å². The van der Waals surface area contributed by atoms with Crippen LogP contribution < -0.4 is 5.32 Å². The number of rotatable bonds is 8. The van der Waals surface area contributed by atoms with E-state index in [1.807, 2.05) is 30.3 Å². The van der Waals surface area contributed by atoms with Crippen LogP contribution in [0, 0.1) is 17.8 Å². The van der Waals surface area contributed by atoms with E-state index >= 15 is 0 Å². The first kappa shape index (κ1) is 26.1. The number of amides is 2. The molecule has 3 heterocycles. The van der Waals surface area contributed by atoms with Gasteiger partial charge in [0.25, 0.3) is 0 Å². The standard InChI is InChI=1S/C28H31ClN2O5S/c1-3-36-27(35)22-21-13-16(2)28(37-21)23(22)26(34)31(20(15-32)14-17-7-5-4-6-8-17)24(28)25(33)30-19-11-9-18(29)10-12-19/h4-12,16,20-24,32H,3,13-15H2,1-2H3,(H,30,33)/t16?,20-,21-,22+,23+,24?,28?/m1/s1. The maximum absolute atomic E-state index is 14.2. The monoisotopic (exact) mass is 542 g/mol. The summed E-state index contributed by atoms with van der Waals surface area (Å²) in [6, 6.07) is 14.9. The third-order valence-corrected chi connectivity index (χ3v) is 10.3. The molecule has 9 heteroatoms. The summed E-state index contributed by atoms with van der Waals surface area (Å²) in [6.45, 7) is 3.74. The zero-order valence-electron chi connectivity index (χ0n) is 20.8. The normalized spacial score (nSPS) is 30.8. The fraction of sp³-hybridized carbons (Fsp3) is 0.464. The van der Waals surface area contributed by atoms with Gasteiger partial charge in [0.05, 0.1) is 35.8 Å². The van der Waals surface area contributed by atoms with Crippen LogP contribution >= 0.6 is 23.4 Å². The van der Waals surface area contributed by atoms with Gasteiger partial charge in [-0.25, -0.2) is 0 Å². The van der Waals surface area contributed by atoms with Crippen LogP contribution in [-0.4, -0.2) is 63.1 Å². The van der Waals surface area contributed by atoms with Crippen molar-refractivity contribution in [3.05, 3.63) is 65.2 Å². The summed E-state index contributed by atoms with van der Waals surface area (Å²) in [5, 5.41) is 13.9. The average Bonchev–Trinajstić information content (AvgIpc) is 3.48. The largest absolute Gasteiger partial charge is 0.466 e. The van der Waals surface area contributed by atoms with Crippen molar-refractivity contribution in [2.75, 3.05) is 18.5 Å². The predicted octanol–water partition coefficient (Wildman–Crippen LogP) is 3.78. The van der Waals surface area contributed by atoms with Crippen molar-refractivity contribution in [2.45, 2.75) is 48.8 Å². The molecule has 0 saturated carbocycles. The topological polar surface area (TPSA) is 95.9 Å². The molecular weight excluding hydrogens is 512 g/mol. The van der Waals surface area contributed by atoms with Gasteiger partial charge in [0.2, 0.25) is 11.8 Å². The first-order valence-corrected chi connectivity index (χ1v) is 13.9. The number of nitrogens with zero attached hydrogens (tertiary/aromatic N) is 1. The number of aliphatic hydroxyl groups is 1. The fourth-order valence-corrected chi connectivity index (χ4v) is 9.06. The molecule has 3 fully saturated rings. The summed E-state index contributed by atoms with van der Waals surface area (Å²) in [4.78, 5) is 43.0. The summed E-state index contributed by atoms with van der Waals surface area (Å²) in [7, 11) is 0. The number of ether oxygens (including phenoxy) is 1. The molecule has 3 aliphatic rings. The number of hydrogen-bond acceptors (Lipinski definition) is 6. The van der Waals surface area contributed by atoms with E-state index in [9.17, 15) is 19.5 Å². The molecule has 1 spiro atoms. The highest BCUT2D eigenvalue weighted by atomic mass is 35.5. The van der Waals surface area contributed by atoms with Crippen LogP contribution in [0.5, 0.6) is 0 Å². The molecule has 2 N–H and O–H groups in total. The summed E-state index contributed by atoms with van der Waals surface area (Å²) < 4.78 is 4.61. The van der Waals surface area contributed by atoms with Gasteiger partial charge in [0.15, 0.2) is 0 Å². The number of nitrogens with one attached hydrogen (secondary N) is 1. The lowest BCUT2D eigenvalue weighted by Gasteiger charge is -2.40. The summed E-state index contributed by atoms with van der Waals surface area (Å²) in [5.41, 5.74) is 1.52. The molecular formula is C28H31ClN2O5S. The van der Waals surface area contributed by atoms with Crippen molar-refractivity contribution < 1.29 is 24.2 Å². The molecule has 0 aromatic heterocycles. The molecule has 196 valence electrons. The van der Waals surface area contributed by atoms with Gasteiger partial charge in [-0.1, -0.05) is 48.9 Å². The van der Waals surface area contributed by atoms with Gasteiger partial charge >= 0.3 is 5.97 Å². The lowest BCUT2D eigenvalue weighted by molar-refractivity contribution is -0.154. The van der Waals surface area contributed by atoms with Crippen LogP contribution in [0.3, 0.4) is 0 Å². The number of esters is 1. The van der Waals surface area contributed by atoms with Crippen LogP contribution in [0.15, 0.2) is 54.6 Å². The second-order valence-corrected chi connectivity index (χ2v) is 12.1. The Labute approximate surface area is 225 Å². The van der Waals surface area contributed by atoms with Crippen molar-refractivity contribution in [3.63, 3.8) is 0 Å². The molecule has 2 aromatic carbocycles. The molecule has 5 rings (SSSR count). The van der Waals surface area contributed by atoms with Crippen LogP contribution in [0.2, 0.25) is 5.02 Å². The van der Waals surface area contributed by atoms with E-state index in [2.05, 4.69) is 12.2 Å². The third kappa shape index (κ3) is 4.33. The minimum atomic E-state index is -0.856. The van der Waals surface area contributed by atoms with Crippen molar-refractivity contribution >= 4 is 46.8 Å². The molecule has 2 bridgehead atoms. The van der Waals surface area contributed by atoms with Gasteiger partial charge in [-0.15, -0.1) is 11.8 Å². The number of aliphatic hydroxyl groups excluding tert-OH is 1. The first-order chi connectivity index (χ1) is 17.8. The molecule has 0 radical (unpaired) electrons. The van der Waals surface area contributed by atoms with Gasteiger partial charge in [-0.3, -0.25) is 14.4 Å². The van der Waals surface area contributed by atoms with Crippen LogP contribution in [0.4, 0.5) is 5.69 Å². The number of benzene rings is 2. The summed E-state index contributed by atoms with van der Waals surface area (Å²) >= 11 is 7.61. The molecule has 3 saturated heterocycles. The van der Waals surface area contributed by atoms with Crippen LogP contribution in [-0.2, 0) is 25.5 Å². The van der Waals surface area contributed by atoms with E-state index in [-0.39, 0.29) is 42.2 Å². The number of anilines is 1. The Bertz CT molecular complexity index is 1180. The highest BCUT2D eigenvalue weighted by molar-refractivity contribution is 8.02. The SMILES string of the molecule is CCOC(=O)[C@@H]1[C@H]2C(=O)N([C@@H](CO)Cc3ccccc3)C(C(=O)Nc3ccc(Cl)cc3)C23S[C@@H]1CC3C. The number of fused-ring (bicyclic) bond motifs is 1. The summed E-state index contributed by atoms with van der Waals surface area (Å²) in [5.74, 6) is -2.24. The number of carbonyl (C=O) groups is 3. The fourth-order valence-electron chi connectivity index (χ4n) is 6.54. The second-order valence-electron chi connectivity index (χ2n) is 10.1. The number of halogens is 1. The van der Waals surface area contributed by atoms with Gasteiger partial charge in [-0.05, 0) is 55.5 Å². The minimum absolute atomic E-state index is 0.0177. The lowest BCUT2D eigenvalue weighted by Crippen LogP contribution is -2.57. The summed E-state index contributed by atoms with van der Waals surface area (Å²) in [6.07, 6.45) is 1.11. The number of likely N-dealkylation sites (tertiary alicyclic amines) is 1. The quantitative estimate of drug-likeness (QED) is 0.493. The zero-order valence-corrected chi connectivity index (χ0v) is 22.4. The zero-order chi connectivity index (χ0) is 26.3. The van der Waals surface area contributed by atoms with Crippen LogP contribution in [0.25, 0.3) is 0 Å². The van der Waals surface area contributed by atoms with E-state index in [1.165, 1.54) is 0 Å². The Kier molecular flexibility index (Phi) is 7.27. The Morgan fingerprint density at radius 2 is 1.92 bits per heavy atom. The Morgan fingerprint density at radius 3 is 2.57 bits per heavy atom. The van der Waals surface area contributed by atoms with Crippen molar-refractivity contribution in [1.82, 2.24) is 4.90 Å². The van der Waals surface area contributed by atoms with Crippen molar-refractivity contribution in [3.8, 4) is 0 Å². The molecule has 0 aliphatic carbocycles. The van der Waals surface area contributed by atoms with Gasteiger partial charge in [0, 0.05) is 16.0 Å². The molecule has 37 heavy (non-hydrogen) atoms. The van der Waals surface area contributed by atoms with E-state index in [4.69, 9.17) is 16.3 Å². The molecule has 7 nitrogen and oxygen atoms in total. The smallest absolute Gasteiger partial charge is 0.310 e. The first-order valence-electron chi connectivity index (χ1n) is 12.7. The van der Waals surface area contributed by atoms with E-state index in [1.54, 1.807) is 47.9 Å². The third-order valence-electron chi connectivity index (χ3n) is 8.02. The second kappa shape index (κ2) is 10.3. The van der Waals surface area contributed by atoms with Crippen molar-refractivity contribution in [1.29, 1.82) is 0 Å². The molecule has 2 amide bonds. The molecule has 2 aromatic rings. The average molecular weight is 543 g/mol. The van der Waals surface area contributed by atoms with Gasteiger partial charge < -0.3 is 20.1 Å². The Hall–Kier alpha value is -2.55. The molecule has 7 atom stereocenters. The molecule has 3 aliphatic heterocycles. The van der Waals surface area contributed by atoms with Crippen LogP contribution in [0.1, 0.15) is 25.8 Å². The number of hydrogen-bond donors (Lipinski definition) is 2.